The first-order valence-electron chi connectivity index (χ1n) is 7.78. The summed E-state index contributed by atoms with van der Waals surface area (Å²) in [5.41, 5.74) is 0. The number of fused-ring (bicyclic) bond motifs is 3. The smallest absolute Gasteiger partial charge is 0.456 e. The van der Waals surface area contributed by atoms with Crippen LogP contribution in [0.3, 0.4) is 0 Å². The van der Waals surface area contributed by atoms with E-state index in [1.165, 1.54) is 23.5 Å². The molecule has 2 saturated carbocycles. The van der Waals surface area contributed by atoms with Gasteiger partial charge in [-0.15, -0.1) is 23.5 Å². The highest BCUT2D eigenvalue weighted by Gasteiger charge is 2.82. The maximum Gasteiger partial charge on any atom is 0.458 e. The third-order valence-electron chi connectivity index (χ3n) is 5.22. The van der Waals surface area contributed by atoms with E-state index in [9.17, 15) is 39.6 Å². The number of carbonyl (C=O) groups is 1. The standard InChI is InChI=1S/C13H14F6O5S3/c14-11(27(21,22)23,12(15,16)13(17,18)19)9(20)24-8-6-1-2-7(5-6)10(8)25-3-4-26-10/h6-8H,1-5H2,(H,21,22,23). The minimum absolute atomic E-state index is 0.0133. The van der Waals surface area contributed by atoms with E-state index in [0.29, 0.717) is 24.3 Å². The lowest BCUT2D eigenvalue weighted by Crippen LogP contribution is -2.64. The van der Waals surface area contributed by atoms with E-state index in [1.54, 1.807) is 0 Å². The molecule has 1 saturated heterocycles. The van der Waals surface area contributed by atoms with E-state index < -0.39 is 49.3 Å². The summed E-state index contributed by atoms with van der Waals surface area (Å²) < 4.78 is 114. The molecule has 0 radical (unpaired) electrons. The Balaban J connectivity index is 1.97. The van der Waals surface area contributed by atoms with Crippen molar-refractivity contribution in [1.29, 1.82) is 0 Å². The van der Waals surface area contributed by atoms with E-state index in [0.717, 1.165) is 6.42 Å². The molecule has 14 heteroatoms. The number of carbonyl (C=O) groups excluding carboxylic acids is 1. The molecule has 4 unspecified atom stereocenters. The summed E-state index contributed by atoms with van der Waals surface area (Å²) in [4.78, 5) is 12.0. The van der Waals surface area contributed by atoms with E-state index in [4.69, 9.17) is 4.55 Å². The van der Waals surface area contributed by atoms with Crippen LogP contribution in [-0.4, -0.2) is 57.7 Å². The Labute approximate surface area is 158 Å². The zero-order valence-electron chi connectivity index (χ0n) is 13.3. The van der Waals surface area contributed by atoms with Crippen molar-refractivity contribution in [3.63, 3.8) is 0 Å². The number of ether oxygens (including phenoxy) is 1. The summed E-state index contributed by atoms with van der Waals surface area (Å²) in [5.74, 6) is -8.84. The fraction of sp³-hybridized carbons (Fsp3) is 0.923. The average Bonchev–Trinajstić information content (AvgIpc) is 3.23. The quantitative estimate of drug-likeness (QED) is 0.392. The Morgan fingerprint density at radius 3 is 2.11 bits per heavy atom. The largest absolute Gasteiger partial charge is 0.458 e. The molecule has 4 atom stereocenters. The molecule has 0 aromatic rings. The summed E-state index contributed by atoms with van der Waals surface area (Å²) in [6.45, 7) is 0. The maximum absolute atomic E-state index is 14.5. The first-order valence-corrected chi connectivity index (χ1v) is 11.2. The number of hydrogen-bond acceptors (Lipinski definition) is 6. The van der Waals surface area contributed by atoms with E-state index >= 15 is 0 Å². The molecule has 0 aromatic heterocycles. The molecule has 3 fully saturated rings. The second kappa shape index (κ2) is 6.33. The fourth-order valence-corrected chi connectivity index (χ4v) is 8.55. The lowest BCUT2D eigenvalue weighted by Gasteiger charge is -2.40. The third kappa shape index (κ3) is 2.88. The van der Waals surface area contributed by atoms with Crippen molar-refractivity contribution < 1.29 is 48.8 Å². The molecule has 5 nitrogen and oxygen atoms in total. The van der Waals surface area contributed by atoms with E-state index in [-0.39, 0.29) is 5.92 Å². The summed E-state index contributed by atoms with van der Waals surface area (Å²) >= 11 is 2.68. The van der Waals surface area contributed by atoms with Gasteiger partial charge in [-0.1, -0.05) is 0 Å². The molecular weight excluding hydrogens is 446 g/mol. The second-order valence-corrected chi connectivity index (χ2v) is 11.2. The Bertz CT molecular complexity index is 735. The molecule has 1 heterocycles. The van der Waals surface area contributed by atoms with Crippen LogP contribution >= 0.6 is 23.5 Å². The van der Waals surface area contributed by atoms with Crippen molar-refractivity contribution in [2.45, 2.75) is 46.5 Å². The van der Waals surface area contributed by atoms with Crippen LogP contribution in [0.15, 0.2) is 0 Å². The van der Waals surface area contributed by atoms with Gasteiger partial charge >= 0.3 is 33.2 Å². The molecule has 3 rings (SSSR count). The van der Waals surface area contributed by atoms with Crippen molar-refractivity contribution in [1.82, 2.24) is 0 Å². The van der Waals surface area contributed by atoms with Gasteiger partial charge in [0, 0.05) is 11.5 Å². The molecular formula is C13H14F6O5S3. The molecule has 27 heavy (non-hydrogen) atoms. The number of thioether (sulfide) groups is 2. The van der Waals surface area contributed by atoms with Gasteiger partial charge in [0.05, 0.1) is 0 Å². The SMILES string of the molecule is O=C(OC1C2CCC(C2)C12SCCS2)C(F)(C(F)(F)C(F)(F)F)S(=O)(=O)O. The molecule has 2 bridgehead atoms. The number of hydrogen-bond donors (Lipinski definition) is 1. The predicted molar refractivity (Wildman–Crippen MR) is 84.7 cm³/mol. The Kier molecular flexibility index (Phi) is 5.01. The first kappa shape index (κ1) is 21.4. The summed E-state index contributed by atoms with van der Waals surface area (Å²) in [6, 6.07) is 0. The fourth-order valence-electron chi connectivity index (χ4n) is 4.01. The molecule has 1 N–H and O–H groups in total. The van der Waals surface area contributed by atoms with E-state index in [1.807, 2.05) is 0 Å². The van der Waals surface area contributed by atoms with Gasteiger partial charge in [-0.25, -0.2) is 9.18 Å². The first-order chi connectivity index (χ1) is 12.2. The van der Waals surface area contributed by atoms with Crippen molar-refractivity contribution in [3.05, 3.63) is 0 Å². The van der Waals surface area contributed by atoms with Crippen molar-refractivity contribution in [3.8, 4) is 0 Å². The van der Waals surface area contributed by atoms with Crippen molar-refractivity contribution >= 4 is 39.6 Å². The molecule has 1 aliphatic heterocycles. The third-order valence-corrected chi connectivity index (χ3v) is 10.2. The van der Waals surface area contributed by atoms with Crippen LogP contribution in [-0.2, 0) is 19.6 Å². The normalized spacial score (nSPS) is 32.6. The minimum Gasteiger partial charge on any atom is -0.456 e. The summed E-state index contributed by atoms with van der Waals surface area (Å²) in [6.07, 6.45) is -6.23. The zero-order chi connectivity index (χ0) is 20.5. The molecule has 0 amide bonds. The van der Waals surface area contributed by atoms with Crippen LogP contribution in [0.25, 0.3) is 0 Å². The van der Waals surface area contributed by atoms with Crippen LogP contribution in [0.5, 0.6) is 0 Å². The van der Waals surface area contributed by atoms with Gasteiger partial charge in [-0.3, -0.25) is 4.55 Å². The van der Waals surface area contributed by atoms with Gasteiger partial charge in [-0.05, 0) is 31.1 Å². The van der Waals surface area contributed by atoms with Crippen molar-refractivity contribution in [2.75, 3.05) is 11.5 Å². The number of esters is 1. The topological polar surface area (TPSA) is 80.7 Å². The highest BCUT2D eigenvalue weighted by molar-refractivity contribution is 8.21. The maximum atomic E-state index is 14.5. The van der Waals surface area contributed by atoms with Gasteiger partial charge in [0.2, 0.25) is 0 Å². The van der Waals surface area contributed by atoms with Gasteiger partial charge in [-0.2, -0.15) is 30.4 Å². The molecule has 1 spiro atoms. The Hall–Kier alpha value is -0.340. The van der Waals surface area contributed by atoms with Gasteiger partial charge < -0.3 is 4.74 Å². The molecule has 0 aromatic carbocycles. The highest BCUT2D eigenvalue weighted by Crippen LogP contribution is 2.66. The molecule has 156 valence electrons. The molecule has 3 aliphatic rings. The van der Waals surface area contributed by atoms with Crippen LogP contribution in [0, 0.1) is 11.8 Å². The van der Waals surface area contributed by atoms with E-state index in [2.05, 4.69) is 4.74 Å². The lowest BCUT2D eigenvalue weighted by molar-refractivity contribution is -0.311. The monoisotopic (exact) mass is 460 g/mol. The van der Waals surface area contributed by atoms with Crippen molar-refractivity contribution in [2.24, 2.45) is 11.8 Å². The summed E-state index contributed by atoms with van der Waals surface area (Å²) in [7, 11) is -6.82. The summed E-state index contributed by atoms with van der Waals surface area (Å²) in [5, 5.41) is -5.99. The van der Waals surface area contributed by atoms with Crippen LogP contribution in [0.4, 0.5) is 26.3 Å². The zero-order valence-corrected chi connectivity index (χ0v) is 15.8. The van der Waals surface area contributed by atoms with Crippen LogP contribution in [0.1, 0.15) is 19.3 Å². The lowest BCUT2D eigenvalue weighted by atomic mass is 9.96. The number of halogens is 6. The number of alkyl halides is 6. The highest BCUT2D eigenvalue weighted by atomic mass is 32.2. The molecule has 2 aliphatic carbocycles. The minimum atomic E-state index is -6.82. The number of rotatable bonds is 4. The second-order valence-electron chi connectivity index (χ2n) is 6.66. The van der Waals surface area contributed by atoms with Gasteiger partial charge in [0.15, 0.2) is 0 Å². The average molecular weight is 460 g/mol. The Morgan fingerprint density at radius 1 is 1.07 bits per heavy atom. The van der Waals surface area contributed by atoms with Gasteiger partial charge in [0.25, 0.3) is 0 Å². The Morgan fingerprint density at radius 2 is 1.63 bits per heavy atom. The van der Waals surface area contributed by atoms with Crippen LogP contribution < -0.4 is 0 Å². The predicted octanol–water partition coefficient (Wildman–Crippen LogP) is 3.26. The van der Waals surface area contributed by atoms with Crippen LogP contribution in [0.2, 0.25) is 0 Å². The van der Waals surface area contributed by atoms with Gasteiger partial charge in [0.1, 0.15) is 10.2 Å².